The number of nitrogens with zero attached hydrogens (tertiary/aromatic N) is 6. The predicted octanol–water partition coefficient (Wildman–Crippen LogP) is 1.29. The van der Waals surface area contributed by atoms with Crippen molar-refractivity contribution in [3.8, 4) is 0 Å². The van der Waals surface area contributed by atoms with Crippen LogP contribution in [0.3, 0.4) is 0 Å². The monoisotopic (exact) mass is 388 g/mol. The van der Waals surface area contributed by atoms with Crippen LogP contribution >= 0.6 is 0 Å². The second-order valence-corrected chi connectivity index (χ2v) is 8.66. The molecule has 7 heteroatoms. The smallest absolute Gasteiger partial charge is 0.171 e. The Balaban J connectivity index is 1.49. The van der Waals surface area contributed by atoms with E-state index in [0.29, 0.717) is 12.0 Å². The molecule has 0 saturated carbocycles. The number of aliphatic hydroxyl groups is 1. The molecule has 7 nitrogen and oxygen atoms in total. The van der Waals surface area contributed by atoms with Gasteiger partial charge in [-0.2, -0.15) is 0 Å². The van der Waals surface area contributed by atoms with Crippen LogP contribution in [-0.4, -0.2) is 96.9 Å². The fraction of sp³-hybridized carbons (Fsp3) is 0.810. The van der Waals surface area contributed by atoms with Crippen molar-refractivity contribution in [3.05, 3.63) is 12.4 Å². The number of hydrogen-bond acceptors (Lipinski definition) is 7. The lowest BCUT2D eigenvalue weighted by Crippen LogP contribution is -2.56. The minimum atomic E-state index is 0.288. The summed E-state index contributed by atoms with van der Waals surface area (Å²) < 4.78 is 0. The maximum absolute atomic E-state index is 9.44. The molecule has 3 aliphatic rings. The Hall–Kier alpha value is -1.44. The third-order valence-corrected chi connectivity index (χ3v) is 6.80. The molecule has 4 heterocycles. The second-order valence-electron chi connectivity index (χ2n) is 8.66. The molecule has 0 spiro atoms. The summed E-state index contributed by atoms with van der Waals surface area (Å²) in [6, 6.07) is 0.628. The highest BCUT2D eigenvalue weighted by atomic mass is 16.2. The quantitative estimate of drug-likeness (QED) is 0.788. The summed E-state index contributed by atoms with van der Waals surface area (Å²) in [4.78, 5) is 19.5. The Kier molecular flexibility index (Phi) is 6.65. The zero-order valence-electron chi connectivity index (χ0n) is 17.3. The van der Waals surface area contributed by atoms with Gasteiger partial charge in [0, 0.05) is 77.4 Å². The van der Waals surface area contributed by atoms with Crippen molar-refractivity contribution >= 4 is 11.6 Å². The normalized spacial score (nSPS) is 27.5. The molecule has 0 unspecified atom stereocenters. The SMILES string of the molecule is CN1CCN([C@H]2CCN(c3nccnc3N3CCCC3)C[C@H]2CCCO)CC1. The van der Waals surface area contributed by atoms with Crippen LogP contribution in [0.15, 0.2) is 12.4 Å². The number of anilines is 2. The van der Waals surface area contributed by atoms with Crippen molar-refractivity contribution in [1.82, 2.24) is 19.8 Å². The molecule has 3 fully saturated rings. The van der Waals surface area contributed by atoms with Crippen LogP contribution in [0.2, 0.25) is 0 Å². The maximum atomic E-state index is 9.44. The van der Waals surface area contributed by atoms with Gasteiger partial charge in [0.1, 0.15) is 0 Å². The van der Waals surface area contributed by atoms with Crippen LogP contribution in [-0.2, 0) is 0 Å². The Labute approximate surface area is 169 Å². The van der Waals surface area contributed by atoms with Crippen molar-refractivity contribution in [3.63, 3.8) is 0 Å². The summed E-state index contributed by atoms with van der Waals surface area (Å²) in [6.45, 7) is 9.21. The topological polar surface area (TPSA) is 59.0 Å². The van der Waals surface area contributed by atoms with Gasteiger partial charge >= 0.3 is 0 Å². The van der Waals surface area contributed by atoms with Gasteiger partial charge in [-0.15, -0.1) is 0 Å². The molecule has 1 aromatic heterocycles. The fourth-order valence-corrected chi connectivity index (χ4v) is 5.18. The minimum Gasteiger partial charge on any atom is -0.396 e. The molecule has 0 aromatic carbocycles. The number of likely N-dealkylation sites (N-methyl/N-ethyl adjacent to an activating group) is 1. The standard InChI is InChI=1S/C21H36N6O/c1-24-12-14-25(15-13-24)19-6-11-27(17-18(19)5-4-16-28)21-20(22-7-8-23-21)26-9-2-3-10-26/h7-8,18-19,28H,2-6,9-17H2,1H3/t18-,19+/m1/s1. The number of aromatic nitrogens is 2. The first-order valence-electron chi connectivity index (χ1n) is 11.1. The average molecular weight is 389 g/mol. The van der Waals surface area contributed by atoms with E-state index in [4.69, 9.17) is 9.97 Å². The van der Waals surface area contributed by atoms with E-state index in [1.807, 2.05) is 12.4 Å². The highest BCUT2D eigenvalue weighted by Crippen LogP contribution is 2.33. The maximum Gasteiger partial charge on any atom is 0.171 e. The molecule has 4 rings (SSSR count). The van der Waals surface area contributed by atoms with Gasteiger partial charge in [-0.25, -0.2) is 9.97 Å². The molecule has 1 aromatic rings. The predicted molar refractivity (Wildman–Crippen MR) is 113 cm³/mol. The number of rotatable bonds is 6. The van der Waals surface area contributed by atoms with Gasteiger partial charge in [-0.05, 0) is 45.1 Å². The third kappa shape index (κ3) is 4.42. The van der Waals surface area contributed by atoms with Crippen molar-refractivity contribution < 1.29 is 5.11 Å². The first kappa shape index (κ1) is 19.9. The van der Waals surface area contributed by atoms with Crippen molar-refractivity contribution in [1.29, 1.82) is 0 Å². The highest BCUT2D eigenvalue weighted by Gasteiger charge is 2.35. The van der Waals surface area contributed by atoms with Gasteiger partial charge in [-0.3, -0.25) is 4.90 Å². The molecule has 156 valence electrons. The summed E-state index contributed by atoms with van der Waals surface area (Å²) in [5, 5.41) is 9.44. The average Bonchev–Trinajstić information content (AvgIpc) is 3.27. The van der Waals surface area contributed by atoms with E-state index in [2.05, 4.69) is 26.6 Å². The van der Waals surface area contributed by atoms with Gasteiger partial charge in [0.05, 0.1) is 0 Å². The third-order valence-electron chi connectivity index (χ3n) is 6.80. The Morgan fingerprint density at radius 2 is 1.61 bits per heavy atom. The van der Waals surface area contributed by atoms with Crippen LogP contribution < -0.4 is 9.80 Å². The van der Waals surface area contributed by atoms with Gasteiger partial charge < -0.3 is 19.8 Å². The second kappa shape index (κ2) is 9.37. The van der Waals surface area contributed by atoms with E-state index >= 15 is 0 Å². The zero-order valence-corrected chi connectivity index (χ0v) is 17.3. The van der Waals surface area contributed by atoms with Crippen LogP contribution in [0.5, 0.6) is 0 Å². The lowest BCUT2D eigenvalue weighted by Gasteiger charge is -2.47. The molecular formula is C21H36N6O. The molecule has 0 aliphatic carbocycles. The zero-order chi connectivity index (χ0) is 19.3. The van der Waals surface area contributed by atoms with Crippen molar-refractivity contribution in [2.24, 2.45) is 5.92 Å². The van der Waals surface area contributed by atoms with Crippen LogP contribution in [0.1, 0.15) is 32.1 Å². The van der Waals surface area contributed by atoms with Gasteiger partial charge in [-0.1, -0.05) is 0 Å². The summed E-state index contributed by atoms with van der Waals surface area (Å²) >= 11 is 0. The Bertz CT molecular complexity index is 615. The molecule has 0 amide bonds. The van der Waals surface area contributed by atoms with Gasteiger partial charge in [0.25, 0.3) is 0 Å². The Morgan fingerprint density at radius 3 is 2.29 bits per heavy atom. The minimum absolute atomic E-state index is 0.288. The summed E-state index contributed by atoms with van der Waals surface area (Å²) in [5.41, 5.74) is 0. The van der Waals surface area contributed by atoms with E-state index < -0.39 is 0 Å². The fourth-order valence-electron chi connectivity index (χ4n) is 5.18. The summed E-state index contributed by atoms with van der Waals surface area (Å²) in [7, 11) is 2.22. The first-order chi connectivity index (χ1) is 13.8. The first-order valence-corrected chi connectivity index (χ1v) is 11.1. The highest BCUT2D eigenvalue weighted by molar-refractivity contribution is 5.62. The van der Waals surface area contributed by atoms with E-state index in [0.717, 1.165) is 63.7 Å². The Morgan fingerprint density at radius 1 is 0.929 bits per heavy atom. The molecule has 3 saturated heterocycles. The summed E-state index contributed by atoms with van der Waals surface area (Å²) in [5.74, 6) is 2.71. The van der Waals surface area contributed by atoms with E-state index in [1.165, 1.54) is 32.4 Å². The van der Waals surface area contributed by atoms with Crippen LogP contribution in [0.25, 0.3) is 0 Å². The summed E-state index contributed by atoms with van der Waals surface area (Å²) in [6.07, 6.45) is 9.32. The molecule has 0 radical (unpaired) electrons. The lowest BCUT2D eigenvalue weighted by atomic mass is 9.86. The van der Waals surface area contributed by atoms with Crippen molar-refractivity contribution in [2.45, 2.75) is 38.1 Å². The number of aliphatic hydroxyl groups excluding tert-OH is 1. The van der Waals surface area contributed by atoms with E-state index in [1.54, 1.807) is 0 Å². The molecule has 0 bridgehead atoms. The molecular weight excluding hydrogens is 352 g/mol. The van der Waals surface area contributed by atoms with Crippen LogP contribution in [0.4, 0.5) is 11.6 Å². The van der Waals surface area contributed by atoms with E-state index in [9.17, 15) is 5.11 Å². The van der Waals surface area contributed by atoms with Gasteiger partial charge in [0.15, 0.2) is 11.6 Å². The number of piperidine rings is 1. The number of hydrogen-bond donors (Lipinski definition) is 1. The van der Waals surface area contributed by atoms with E-state index in [-0.39, 0.29) is 6.61 Å². The molecule has 2 atom stereocenters. The number of piperazine rings is 1. The van der Waals surface area contributed by atoms with Crippen LogP contribution in [0, 0.1) is 5.92 Å². The lowest BCUT2D eigenvalue weighted by molar-refractivity contribution is 0.0637. The van der Waals surface area contributed by atoms with Gasteiger partial charge in [0.2, 0.25) is 0 Å². The van der Waals surface area contributed by atoms with Crippen molar-refractivity contribution in [2.75, 3.05) is 75.8 Å². The molecule has 1 N–H and O–H groups in total. The molecule has 28 heavy (non-hydrogen) atoms. The molecule has 3 aliphatic heterocycles. The largest absolute Gasteiger partial charge is 0.396 e.